The van der Waals surface area contributed by atoms with E-state index in [1.807, 2.05) is 48.5 Å². The Kier molecular flexibility index (Phi) is 5.89. The Bertz CT molecular complexity index is 1170. The standard InChI is InChI=1S/C23H20N4O4/c1-30-20-9-5-16(6-10-20)14-27-25-22(24-26-27)19-4-2-3-17(13-19)15-31-21-11-7-18(8-12-21)23(28)29/h2-13H,14-15H2,1H3,(H,28,29). The van der Waals surface area contributed by atoms with E-state index >= 15 is 0 Å². The van der Waals surface area contributed by atoms with Gasteiger partial charge in [-0.25, -0.2) is 4.79 Å². The summed E-state index contributed by atoms with van der Waals surface area (Å²) in [5.41, 5.74) is 3.04. The fourth-order valence-electron chi connectivity index (χ4n) is 2.98. The number of ether oxygens (including phenoxy) is 2. The van der Waals surface area contributed by atoms with Crippen LogP contribution in [0, 0.1) is 0 Å². The molecule has 0 aliphatic heterocycles. The molecular formula is C23H20N4O4. The molecule has 0 aliphatic carbocycles. The van der Waals surface area contributed by atoms with Crippen molar-refractivity contribution in [1.29, 1.82) is 0 Å². The fraction of sp³-hybridized carbons (Fsp3) is 0.130. The van der Waals surface area contributed by atoms with Gasteiger partial charge in [-0.3, -0.25) is 0 Å². The second-order valence-corrected chi connectivity index (χ2v) is 6.81. The van der Waals surface area contributed by atoms with Crippen LogP contribution in [0.3, 0.4) is 0 Å². The quantitative estimate of drug-likeness (QED) is 0.468. The molecule has 0 saturated carbocycles. The van der Waals surface area contributed by atoms with Gasteiger partial charge in [-0.1, -0.05) is 30.3 Å². The van der Waals surface area contributed by atoms with Gasteiger partial charge in [0.15, 0.2) is 0 Å². The highest BCUT2D eigenvalue weighted by atomic mass is 16.5. The van der Waals surface area contributed by atoms with Crippen LogP contribution in [0.1, 0.15) is 21.5 Å². The van der Waals surface area contributed by atoms with Crippen molar-refractivity contribution >= 4 is 5.97 Å². The third-order valence-electron chi connectivity index (χ3n) is 4.63. The van der Waals surface area contributed by atoms with Crippen molar-refractivity contribution in [3.05, 3.63) is 89.5 Å². The number of rotatable bonds is 8. The Balaban J connectivity index is 1.41. The van der Waals surface area contributed by atoms with Gasteiger partial charge in [0.1, 0.15) is 18.1 Å². The van der Waals surface area contributed by atoms with Crippen molar-refractivity contribution in [2.75, 3.05) is 7.11 Å². The number of hydrogen-bond acceptors (Lipinski definition) is 6. The minimum atomic E-state index is -0.966. The van der Waals surface area contributed by atoms with E-state index < -0.39 is 5.97 Å². The molecule has 1 heterocycles. The van der Waals surface area contributed by atoms with Crippen LogP contribution in [0.25, 0.3) is 11.4 Å². The topological polar surface area (TPSA) is 99.4 Å². The van der Waals surface area contributed by atoms with Crippen molar-refractivity contribution in [3.63, 3.8) is 0 Å². The number of nitrogens with zero attached hydrogens (tertiary/aromatic N) is 4. The molecule has 0 spiro atoms. The van der Waals surface area contributed by atoms with Crippen LogP contribution in [0.2, 0.25) is 0 Å². The molecule has 0 atom stereocenters. The maximum absolute atomic E-state index is 10.9. The first-order valence-electron chi connectivity index (χ1n) is 9.57. The summed E-state index contributed by atoms with van der Waals surface area (Å²) in [5, 5.41) is 21.7. The molecule has 1 N–H and O–H groups in total. The minimum Gasteiger partial charge on any atom is -0.497 e. The van der Waals surface area contributed by atoms with E-state index in [0.29, 0.717) is 24.7 Å². The number of methoxy groups -OCH3 is 1. The van der Waals surface area contributed by atoms with E-state index in [1.165, 1.54) is 12.1 Å². The van der Waals surface area contributed by atoms with E-state index in [4.69, 9.17) is 14.6 Å². The van der Waals surface area contributed by atoms with E-state index in [2.05, 4.69) is 15.4 Å². The molecule has 8 heteroatoms. The van der Waals surface area contributed by atoms with Crippen molar-refractivity contribution in [2.45, 2.75) is 13.2 Å². The van der Waals surface area contributed by atoms with Gasteiger partial charge < -0.3 is 14.6 Å². The van der Waals surface area contributed by atoms with E-state index in [9.17, 15) is 4.79 Å². The van der Waals surface area contributed by atoms with Crippen LogP contribution in [0.5, 0.6) is 11.5 Å². The first kappa shape index (κ1) is 20.1. The number of tetrazole rings is 1. The average Bonchev–Trinajstić information content (AvgIpc) is 3.27. The summed E-state index contributed by atoms with van der Waals surface area (Å²) in [7, 11) is 1.63. The van der Waals surface area contributed by atoms with Gasteiger partial charge in [0, 0.05) is 5.56 Å². The molecule has 31 heavy (non-hydrogen) atoms. The lowest BCUT2D eigenvalue weighted by molar-refractivity contribution is 0.0697. The molecule has 0 aliphatic rings. The van der Waals surface area contributed by atoms with Crippen molar-refractivity contribution < 1.29 is 19.4 Å². The Morgan fingerprint density at radius 2 is 1.71 bits per heavy atom. The lowest BCUT2D eigenvalue weighted by Crippen LogP contribution is -2.04. The van der Waals surface area contributed by atoms with Crippen LogP contribution < -0.4 is 9.47 Å². The number of carboxylic acids is 1. The molecule has 0 unspecified atom stereocenters. The molecule has 0 bridgehead atoms. The zero-order valence-corrected chi connectivity index (χ0v) is 16.8. The lowest BCUT2D eigenvalue weighted by atomic mass is 10.1. The van der Waals surface area contributed by atoms with Crippen molar-refractivity contribution in [3.8, 4) is 22.9 Å². The van der Waals surface area contributed by atoms with Gasteiger partial charge >= 0.3 is 5.97 Å². The molecule has 4 rings (SSSR count). The monoisotopic (exact) mass is 416 g/mol. The maximum atomic E-state index is 10.9. The summed E-state index contributed by atoms with van der Waals surface area (Å²) in [4.78, 5) is 12.5. The zero-order valence-electron chi connectivity index (χ0n) is 16.8. The predicted molar refractivity (Wildman–Crippen MR) is 113 cm³/mol. The molecule has 4 aromatic rings. The summed E-state index contributed by atoms with van der Waals surface area (Å²) in [5.74, 6) is 0.958. The lowest BCUT2D eigenvalue weighted by Gasteiger charge is -2.07. The highest BCUT2D eigenvalue weighted by Gasteiger charge is 2.08. The van der Waals surface area contributed by atoms with Crippen LogP contribution >= 0.6 is 0 Å². The Morgan fingerprint density at radius 1 is 0.968 bits per heavy atom. The Labute approximate surface area is 178 Å². The van der Waals surface area contributed by atoms with Crippen LogP contribution in [-0.2, 0) is 13.2 Å². The largest absolute Gasteiger partial charge is 0.497 e. The SMILES string of the molecule is COc1ccc(Cn2nnc(-c3cccc(COc4ccc(C(=O)O)cc4)c3)n2)cc1. The number of aromatic nitrogens is 4. The molecule has 0 radical (unpaired) electrons. The Morgan fingerprint density at radius 3 is 2.42 bits per heavy atom. The molecule has 0 amide bonds. The van der Waals surface area contributed by atoms with E-state index in [1.54, 1.807) is 24.0 Å². The minimum absolute atomic E-state index is 0.221. The molecule has 156 valence electrons. The smallest absolute Gasteiger partial charge is 0.335 e. The molecule has 3 aromatic carbocycles. The molecule has 8 nitrogen and oxygen atoms in total. The van der Waals surface area contributed by atoms with Crippen LogP contribution in [0.15, 0.2) is 72.8 Å². The van der Waals surface area contributed by atoms with Crippen molar-refractivity contribution in [2.24, 2.45) is 0 Å². The zero-order chi connectivity index (χ0) is 21.6. The number of carbonyl (C=O) groups is 1. The first-order valence-corrected chi connectivity index (χ1v) is 9.57. The summed E-state index contributed by atoms with van der Waals surface area (Å²) in [6, 6.07) is 21.7. The Hall–Kier alpha value is -4.20. The molecule has 0 fully saturated rings. The predicted octanol–water partition coefficient (Wildman–Crippen LogP) is 3.67. The summed E-state index contributed by atoms with van der Waals surface area (Å²) >= 11 is 0. The third-order valence-corrected chi connectivity index (χ3v) is 4.63. The van der Waals surface area contributed by atoms with Crippen molar-refractivity contribution in [1.82, 2.24) is 20.2 Å². The third kappa shape index (κ3) is 5.05. The maximum Gasteiger partial charge on any atom is 0.335 e. The molecular weight excluding hydrogens is 396 g/mol. The average molecular weight is 416 g/mol. The number of carboxylic acid groups (broad SMARTS) is 1. The number of hydrogen-bond donors (Lipinski definition) is 1. The fourth-order valence-corrected chi connectivity index (χ4v) is 2.98. The number of benzene rings is 3. The van der Waals surface area contributed by atoms with Gasteiger partial charge in [0.25, 0.3) is 0 Å². The summed E-state index contributed by atoms with van der Waals surface area (Å²) in [6.07, 6.45) is 0. The second kappa shape index (κ2) is 9.08. The van der Waals surface area contributed by atoms with Gasteiger partial charge in [-0.15, -0.1) is 10.2 Å². The first-order chi connectivity index (χ1) is 15.1. The van der Waals surface area contributed by atoms with Gasteiger partial charge in [0.05, 0.1) is 19.2 Å². The van der Waals surface area contributed by atoms with Crippen LogP contribution in [0.4, 0.5) is 0 Å². The van der Waals surface area contributed by atoms with Gasteiger partial charge in [-0.05, 0) is 58.8 Å². The summed E-state index contributed by atoms with van der Waals surface area (Å²) < 4.78 is 10.9. The van der Waals surface area contributed by atoms with Gasteiger partial charge in [0.2, 0.25) is 5.82 Å². The number of aromatic carboxylic acids is 1. The highest BCUT2D eigenvalue weighted by Crippen LogP contribution is 2.19. The van der Waals surface area contributed by atoms with E-state index in [0.717, 1.165) is 22.4 Å². The molecule has 0 saturated heterocycles. The highest BCUT2D eigenvalue weighted by molar-refractivity contribution is 5.87. The van der Waals surface area contributed by atoms with Gasteiger partial charge in [-0.2, -0.15) is 4.80 Å². The second-order valence-electron chi connectivity index (χ2n) is 6.81. The van der Waals surface area contributed by atoms with E-state index in [-0.39, 0.29) is 5.56 Å². The molecule has 1 aromatic heterocycles. The van der Waals surface area contributed by atoms with Crippen LogP contribution in [-0.4, -0.2) is 38.4 Å². The normalized spacial score (nSPS) is 10.6. The summed E-state index contributed by atoms with van der Waals surface area (Å²) in [6.45, 7) is 0.840.